The Morgan fingerprint density at radius 3 is 2.82 bits per heavy atom. The van der Waals surface area contributed by atoms with Gasteiger partial charge in [0.2, 0.25) is 5.91 Å². The second kappa shape index (κ2) is 5.37. The van der Waals surface area contributed by atoms with Crippen LogP contribution in [0, 0.1) is 11.8 Å². The highest BCUT2D eigenvalue weighted by Gasteiger charge is 2.59. The van der Waals surface area contributed by atoms with Crippen molar-refractivity contribution in [2.45, 2.75) is 18.6 Å². The fourth-order valence-electron chi connectivity index (χ4n) is 3.07. The van der Waals surface area contributed by atoms with Gasteiger partial charge < -0.3 is 15.2 Å². The van der Waals surface area contributed by atoms with Gasteiger partial charge in [0.15, 0.2) is 0 Å². The average Bonchev–Trinajstić information content (AvgIpc) is 2.95. The van der Waals surface area contributed by atoms with E-state index in [1.165, 1.54) is 0 Å². The molecular formula is C15H13BrClNO4. The number of fused-ring (bicyclic) bond motifs is 2. The average molecular weight is 387 g/mol. The van der Waals surface area contributed by atoms with Crippen LogP contribution in [0.2, 0.25) is 5.02 Å². The van der Waals surface area contributed by atoms with Crippen molar-refractivity contribution in [3.63, 3.8) is 0 Å². The molecule has 2 aliphatic rings. The molecule has 0 radical (unpaired) electrons. The predicted molar refractivity (Wildman–Crippen MR) is 84.8 cm³/mol. The lowest BCUT2D eigenvalue weighted by Crippen LogP contribution is -2.44. The third kappa shape index (κ3) is 2.45. The number of carboxylic acid groups (broad SMARTS) is 1. The summed E-state index contributed by atoms with van der Waals surface area (Å²) >= 11 is 9.27. The SMILES string of the molecule is C[C@@]12C=C[C@@H](O1)[C@@H](C(=O)O)[C@H]2C(=O)Nc1ccc(Br)c(Cl)c1. The van der Waals surface area contributed by atoms with Gasteiger partial charge in [0, 0.05) is 10.2 Å². The molecule has 116 valence electrons. The van der Waals surface area contributed by atoms with Crippen molar-refractivity contribution in [3.05, 3.63) is 39.8 Å². The summed E-state index contributed by atoms with van der Waals surface area (Å²) in [5.41, 5.74) is -0.380. The van der Waals surface area contributed by atoms with Crippen LogP contribution in [0.15, 0.2) is 34.8 Å². The van der Waals surface area contributed by atoms with E-state index in [0.29, 0.717) is 15.2 Å². The summed E-state index contributed by atoms with van der Waals surface area (Å²) in [6, 6.07) is 5.01. The minimum absolute atomic E-state index is 0.389. The molecule has 1 amide bonds. The highest BCUT2D eigenvalue weighted by Crippen LogP contribution is 2.47. The fraction of sp³-hybridized carbons (Fsp3) is 0.333. The molecule has 22 heavy (non-hydrogen) atoms. The number of hydrogen-bond donors (Lipinski definition) is 2. The summed E-state index contributed by atoms with van der Waals surface area (Å²) < 4.78 is 6.38. The van der Waals surface area contributed by atoms with Crippen LogP contribution in [-0.4, -0.2) is 28.7 Å². The van der Waals surface area contributed by atoms with E-state index < -0.39 is 29.5 Å². The summed E-state index contributed by atoms with van der Waals surface area (Å²) in [5.74, 6) is -3.10. The van der Waals surface area contributed by atoms with Crippen LogP contribution in [-0.2, 0) is 14.3 Å². The van der Waals surface area contributed by atoms with Gasteiger partial charge in [-0.1, -0.05) is 23.8 Å². The van der Waals surface area contributed by atoms with E-state index in [1.54, 1.807) is 37.3 Å². The molecular weight excluding hydrogens is 374 g/mol. The van der Waals surface area contributed by atoms with Gasteiger partial charge in [-0.3, -0.25) is 9.59 Å². The first-order valence-corrected chi connectivity index (χ1v) is 7.85. The van der Waals surface area contributed by atoms with Gasteiger partial charge in [-0.25, -0.2) is 0 Å². The van der Waals surface area contributed by atoms with E-state index in [4.69, 9.17) is 16.3 Å². The summed E-state index contributed by atoms with van der Waals surface area (Å²) in [6.45, 7) is 1.73. The van der Waals surface area contributed by atoms with Crippen LogP contribution in [0.3, 0.4) is 0 Å². The Kier molecular flexibility index (Phi) is 3.79. The Balaban J connectivity index is 1.86. The highest BCUT2D eigenvalue weighted by molar-refractivity contribution is 9.10. The van der Waals surface area contributed by atoms with Crippen molar-refractivity contribution in [2.75, 3.05) is 5.32 Å². The molecule has 0 aromatic heterocycles. The van der Waals surface area contributed by atoms with Gasteiger partial charge in [0.1, 0.15) is 5.92 Å². The third-order valence-corrected chi connectivity index (χ3v) is 5.32. The van der Waals surface area contributed by atoms with Gasteiger partial charge >= 0.3 is 5.97 Å². The number of benzene rings is 1. The minimum atomic E-state index is -1.04. The summed E-state index contributed by atoms with van der Waals surface area (Å²) in [7, 11) is 0. The number of ether oxygens (including phenoxy) is 1. The zero-order chi connectivity index (χ0) is 16.1. The molecule has 2 bridgehead atoms. The number of carbonyl (C=O) groups is 2. The fourth-order valence-corrected chi connectivity index (χ4v) is 3.50. The zero-order valence-corrected chi connectivity index (χ0v) is 13.9. The number of hydrogen-bond acceptors (Lipinski definition) is 3. The second-order valence-electron chi connectivity index (χ2n) is 5.59. The lowest BCUT2D eigenvalue weighted by molar-refractivity contribution is -0.146. The predicted octanol–water partition coefficient (Wildman–Crippen LogP) is 3.09. The molecule has 2 heterocycles. The zero-order valence-electron chi connectivity index (χ0n) is 11.5. The molecule has 0 spiro atoms. The quantitative estimate of drug-likeness (QED) is 0.783. The standard InChI is InChI=1S/C15H13BrClNO4/c1-15-5-4-10(22-15)11(14(20)21)12(15)13(19)18-7-2-3-8(16)9(17)6-7/h2-6,10-12H,1H3,(H,18,19)(H,20,21)/t10-,11-,12+,15+/m1/s1. The molecule has 7 heteroatoms. The first kappa shape index (κ1) is 15.5. The number of halogens is 2. The van der Waals surface area contributed by atoms with Crippen molar-refractivity contribution in [1.82, 2.24) is 0 Å². The second-order valence-corrected chi connectivity index (χ2v) is 6.85. The van der Waals surface area contributed by atoms with Crippen LogP contribution < -0.4 is 5.32 Å². The van der Waals surface area contributed by atoms with E-state index >= 15 is 0 Å². The largest absolute Gasteiger partial charge is 0.481 e. The summed E-state index contributed by atoms with van der Waals surface area (Å²) in [6.07, 6.45) is 2.90. The van der Waals surface area contributed by atoms with E-state index in [2.05, 4.69) is 21.2 Å². The molecule has 0 unspecified atom stereocenters. The van der Waals surface area contributed by atoms with Crippen LogP contribution >= 0.6 is 27.5 Å². The van der Waals surface area contributed by atoms with Crippen molar-refractivity contribution in [3.8, 4) is 0 Å². The van der Waals surface area contributed by atoms with E-state index in [-0.39, 0.29) is 5.91 Å². The van der Waals surface area contributed by atoms with Gasteiger partial charge in [-0.2, -0.15) is 0 Å². The van der Waals surface area contributed by atoms with Gasteiger partial charge in [-0.05, 0) is 41.1 Å². The van der Waals surface area contributed by atoms with E-state index in [9.17, 15) is 14.7 Å². The number of anilines is 1. The first-order chi connectivity index (χ1) is 10.3. The molecule has 1 aromatic rings. The molecule has 2 aliphatic heterocycles. The molecule has 1 fully saturated rings. The van der Waals surface area contributed by atoms with Crippen molar-refractivity contribution in [1.29, 1.82) is 0 Å². The minimum Gasteiger partial charge on any atom is -0.481 e. The van der Waals surface area contributed by atoms with Crippen LogP contribution in [0.4, 0.5) is 5.69 Å². The molecule has 4 atom stereocenters. The van der Waals surface area contributed by atoms with Crippen LogP contribution in [0.5, 0.6) is 0 Å². The van der Waals surface area contributed by atoms with Crippen molar-refractivity contribution in [2.24, 2.45) is 11.8 Å². The maximum atomic E-state index is 12.6. The molecule has 0 saturated carbocycles. The Morgan fingerprint density at radius 1 is 1.45 bits per heavy atom. The summed E-state index contributed by atoms with van der Waals surface area (Å²) in [4.78, 5) is 24.1. The van der Waals surface area contributed by atoms with Gasteiger partial charge in [0.05, 0.1) is 22.6 Å². The lowest BCUT2D eigenvalue weighted by atomic mass is 9.75. The Hall–Kier alpha value is -1.37. The van der Waals surface area contributed by atoms with E-state index in [0.717, 1.165) is 0 Å². The Morgan fingerprint density at radius 2 is 2.18 bits per heavy atom. The molecule has 1 aromatic carbocycles. The van der Waals surface area contributed by atoms with E-state index in [1.807, 2.05) is 0 Å². The van der Waals surface area contributed by atoms with Gasteiger partial charge in [-0.15, -0.1) is 0 Å². The molecule has 2 N–H and O–H groups in total. The maximum absolute atomic E-state index is 12.6. The highest BCUT2D eigenvalue weighted by atomic mass is 79.9. The van der Waals surface area contributed by atoms with Crippen molar-refractivity contribution >= 4 is 45.1 Å². The number of rotatable bonds is 3. The number of aliphatic carboxylic acids is 1. The number of carboxylic acids is 1. The van der Waals surface area contributed by atoms with Gasteiger partial charge in [0.25, 0.3) is 0 Å². The number of amides is 1. The molecule has 3 rings (SSSR count). The monoisotopic (exact) mass is 385 g/mol. The molecule has 1 saturated heterocycles. The smallest absolute Gasteiger partial charge is 0.310 e. The third-order valence-electron chi connectivity index (χ3n) is 4.09. The number of carbonyl (C=O) groups excluding carboxylic acids is 1. The first-order valence-electron chi connectivity index (χ1n) is 6.68. The van der Waals surface area contributed by atoms with Crippen LogP contribution in [0.25, 0.3) is 0 Å². The number of nitrogens with one attached hydrogen (secondary N) is 1. The van der Waals surface area contributed by atoms with Crippen molar-refractivity contribution < 1.29 is 19.4 Å². The van der Waals surface area contributed by atoms with Crippen LogP contribution in [0.1, 0.15) is 6.92 Å². The Labute approximate surface area is 140 Å². The molecule has 5 nitrogen and oxygen atoms in total. The maximum Gasteiger partial charge on any atom is 0.310 e. The summed E-state index contributed by atoms with van der Waals surface area (Å²) in [5, 5.41) is 12.6. The topological polar surface area (TPSA) is 75.6 Å². The lowest BCUT2D eigenvalue weighted by Gasteiger charge is -2.27. The molecule has 0 aliphatic carbocycles. The normalized spacial score (nSPS) is 32.2. The Bertz CT molecular complexity index is 692.